The minimum atomic E-state index is -1.08. The molecule has 0 bridgehead atoms. The standard InChI is InChI=1S/C12H16N2O4/c1-7-5-9(10(13-7)12(16)17)14-11(15)8-3-2-4-18-6-8/h5,8,13H,2-4,6H2,1H3,(H,14,15)(H,16,17). The number of carbonyl (C=O) groups excluding carboxylic acids is 1. The highest BCUT2D eigenvalue weighted by Gasteiger charge is 2.24. The van der Waals surface area contributed by atoms with Crippen molar-refractivity contribution in [3.63, 3.8) is 0 Å². The first-order valence-electron chi connectivity index (χ1n) is 5.89. The first-order chi connectivity index (χ1) is 8.58. The van der Waals surface area contributed by atoms with E-state index >= 15 is 0 Å². The lowest BCUT2D eigenvalue weighted by molar-refractivity contribution is -0.123. The predicted molar refractivity (Wildman–Crippen MR) is 64.7 cm³/mol. The molecule has 0 spiro atoms. The van der Waals surface area contributed by atoms with Crippen LogP contribution in [0.15, 0.2) is 6.07 Å². The van der Waals surface area contributed by atoms with E-state index in [2.05, 4.69) is 10.3 Å². The van der Waals surface area contributed by atoms with Gasteiger partial charge in [0, 0.05) is 12.3 Å². The van der Waals surface area contributed by atoms with Crippen LogP contribution in [0, 0.1) is 12.8 Å². The summed E-state index contributed by atoms with van der Waals surface area (Å²) in [5.74, 6) is -1.47. The molecule has 1 aliphatic rings. The molecule has 2 heterocycles. The van der Waals surface area contributed by atoms with Gasteiger partial charge < -0.3 is 20.1 Å². The number of aromatic nitrogens is 1. The van der Waals surface area contributed by atoms with Gasteiger partial charge in [0.1, 0.15) is 5.69 Å². The van der Waals surface area contributed by atoms with Gasteiger partial charge in [0.25, 0.3) is 0 Å². The van der Waals surface area contributed by atoms with E-state index in [9.17, 15) is 9.59 Å². The predicted octanol–water partition coefficient (Wildman–Crippen LogP) is 1.39. The van der Waals surface area contributed by atoms with E-state index in [1.54, 1.807) is 13.0 Å². The Bertz CT molecular complexity index is 461. The molecule has 6 heteroatoms. The molecule has 1 aromatic rings. The van der Waals surface area contributed by atoms with Crippen LogP contribution in [0.1, 0.15) is 29.0 Å². The van der Waals surface area contributed by atoms with Crippen molar-refractivity contribution in [3.05, 3.63) is 17.5 Å². The van der Waals surface area contributed by atoms with Crippen molar-refractivity contribution in [3.8, 4) is 0 Å². The first-order valence-corrected chi connectivity index (χ1v) is 5.89. The molecule has 1 fully saturated rings. The maximum atomic E-state index is 12.0. The van der Waals surface area contributed by atoms with Gasteiger partial charge in [0.05, 0.1) is 18.2 Å². The number of ether oxygens (including phenoxy) is 1. The Hall–Kier alpha value is -1.82. The van der Waals surface area contributed by atoms with Crippen LogP contribution < -0.4 is 5.32 Å². The van der Waals surface area contributed by atoms with Crippen LogP contribution >= 0.6 is 0 Å². The molecule has 0 aliphatic carbocycles. The van der Waals surface area contributed by atoms with E-state index in [0.717, 1.165) is 12.8 Å². The van der Waals surface area contributed by atoms with E-state index in [4.69, 9.17) is 9.84 Å². The highest BCUT2D eigenvalue weighted by atomic mass is 16.5. The van der Waals surface area contributed by atoms with Crippen LogP contribution in [0.5, 0.6) is 0 Å². The maximum Gasteiger partial charge on any atom is 0.354 e. The van der Waals surface area contributed by atoms with E-state index in [1.165, 1.54) is 0 Å². The normalized spacial score (nSPS) is 19.5. The molecular formula is C12H16N2O4. The van der Waals surface area contributed by atoms with Crippen LogP contribution in [0.4, 0.5) is 5.69 Å². The molecule has 1 unspecified atom stereocenters. The van der Waals surface area contributed by atoms with Crippen molar-refractivity contribution in [2.24, 2.45) is 5.92 Å². The van der Waals surface area contributed by atoms with Gasteiger partial charge in [-0.05, 0) is 25.8 Å². The van der Waals surface area contributed by atoms with Gasteiger partial charge in [-0.3, -0.25) is 4.79 Å². The Morgan fingerprint density at radius 3 is 2.94 bits per heavy atom. The van der Waals surface area contributed by atoms with Gasteiger partial charge in [-0.1, -0.05) is 0 Å². The number of anilines is 1. The summed E-state index contributed by atoms with van der Waals surface area (Å²) in [5, 5.41) is 11.6. The van der Waals surface area contributed by atoms with Crippen LogP contribution in [-0.4, -0.2) is 35.2 Å². The summed E-state index contributed by atoms with van der Waals surface area (Å²) in [6, 6.07) is 1.62. The molecule has 1 aliphatic heterocycles. The second-order valence-electron chi connectivity index (χ2n) is 4.45. The Balaban J connectivity index is 2.08. The van der Waals surface area contributed by atoms with Gasteiger partial charge in [0.2, 0.25) is 5.91 Å². The topological polar surface area (TPSA) is 91.4 Å². The maximum absolute atomic E-state index is 12.0. The molecule has 0 aromatic carbocycles. The summed E-state index contributed by atoms with van der Waals surface area (Å²) < 4.78 is 5.24. The van der Waals surface area contributed by atoms with Crippen molar-refractivity contribution in [2.45, 2.75) is 19.8 Å². The fourth-order valence-electron chi connectivity index (χ4n) is 2.04. The lowest BCUT2D eigenvalue weighted by Gasteiger charge is -2.21. The number of H-pyrrole nitrogens is 1. The molecule has 3 N–H and O–H groups in total. The fourth-order valence-corrected chi connectivity index (χ4v) is 2.04. The lowest BCUT2D eigenvalue weighted by Crippen LogP contribution is -2.30. The zero-order valence-corrected chi connectivity index (χ0v) is 10.2. The zero-order chi connectivity index (χ0) is 13.1. The molecule has 98 valence electrons. The Labute approximate surface area is 104 Å². The average Bonchev–Trinajstić information content (AvgIpc) is 2.71. The quantitative estimate of drug-likeness (QED) is 0.758. The Morgan fingerprint density at radius 1 is 1.56 bits per heavy atom. The second-order valence-corrected chi connectivity index (χ2v) is 4.45. The highest BCUT2D eigenvalue weighted by Crippen LogP contribution is 2.20. The van der Waals surface area contributed by atoms with Gasteiger partial charge in [-0.15, -0.1) is 0 Å². The van der Waals surface area contributed by atoms with E-state index in [0.29, 0.717) is 24.6 Å². The largest absolute Gasteiger partial charge is 0.477 e. The summed E-state index contributed by atoms with van der Waals surface area (Å²) in [7, 11) is 0. The van der Waals surface area contributed by atoms with Gasteiger partial charge in [0.15, 0.2) is 0 Å². The smallest absolute Gasteiger partial charge is 0.354 e. The molecule has 1 saturated heterocycles. The number of carboxylic acids is 1. The number of aromatic carboxylic acids is 1. The highest BCUT2D eigenvalue weighted by molar-refractivity contribution is 6.00. The van der Waals surface area contributed by atoms with Gasteiger partial charge >= 0.3 is 5.97 Å². The average molecular weight is 252 g/mol. The number of carboxylic acid groups (broad SMARTS) is 1. The summed E-state index contributed by atoms with van der Waals surface area (Å²) in [4.78, 5) is 25.6. The molecule has 2 rings (SSSR count). The van der Waals surface area contributed by atoms with Crippen molar-refractivity contribution >= 4 is 17.6 Å². The minimum absolute atomic E-state index is 0.0116. The molecule has 1 aromatic heterocycles. The van der Waals surface area contributed by atoms with Crippen LogP contribution in [-0.2, 0) is 9.53 Å². The number of carbonyl (C=O) groups is 2. The van der Waals surface area contributed by atoms with Crippen molar-refractivity contribution in [1.29, 1.82) is 0 Å². The molecule has 0 radical (unpaired) electrons. The van der Waals surface area contributed by atoms with Gasteiger partial charge in [-0.2, -0.15) is 0 Å². The molecule has 6 nitrogen and oxygen atoms in total. The number of hydrogen-bond acceptors (Lipinski definition) is 3. The number of aromatic amines is 1. The third-order valence-electron chi connectivity index (χ3n) is 2.96. The summed E-state index contributed by atoms with van der Waals surface area (Å²) in [5.41, 5.74) is 1.02. The van der Waals surface area contributed by atoms with E-state index in [-0.39, 0.29) is 17.5 Å². The van der Waals surface area contributed by atoms with Crippen LogP contribution in [0.25, 0.3) is 0 Å². The van der Waals surface area contributed by atoms with Gasteiger partial charge in [-0.25, -0.2) is 4.79 Å². The van der Waals surface area contributed by atoms with Crippen molar-refractivity contribution < 1.29 is 19.4 Å². The summed E-state index contributed by atoms with van der Waals surface area (Å²) >= 11 is 0. The molecular weight excluding hydrogens is 236 g/mol. The van der Waals surface area contributed by atoms with E-state index < -0.39 is 5.97 Å². The molecule has 1 amide bonds. The number of hydrogen-bond donors (Lipinski definition) is 3. The SMILES string of the molecule is Cc1cc(NC(=O)C2CCCOC2)c(C(=O)O)[nH]1. The van der Waals surface area contributed by atoms with Crippen LogP contribution in [0.3, 0.4) is 0 Å². The second kappa shape index (κ2) is 5.22. The van der Waals surface area contributed by atoms with Crippen molar-refractivity contribution in [2.75, 3.05) is 18.5 Å². The Morgan fingerprint density at radius 2 is 2.33 bits per heavy atom. The fraction of sp³-hybridized carbons (Fsp3) is 0.500. The minimum Gasteiger partial charge on any atom is -0.477 e. The van der Waals surface area contributed by atoms with Crippen LogP contribution in [0.2, 0.25) is 0 Å². The third-order valence-corrected chi connectivity index (χ3v) is 2.96. The van der Waals surface area contributed by atoms with E-state index in [1.807, 2.05) is 0 Å². The first kappa shape index (κ1) is 12.6. The third kappa shape index (κ3) is 2.70. The molecule has 0 saturated carbocycles. The Kier molecular flexibility index (Phi) is 3.66. The van der Waals surface area contributed by atoms with Crippen molar-refractivity contribution in [1.82, 2.24) is 4.98 Å². The zero-order valence-electron chi connectivity index (χ0n) is 10.2. The molecule has 18 heavy (non-hydrogen) atoms. The number of aryl methyl sites for hydroxylation is 1. The molecule has 1 atom stereocenters. The number of rotatable bonds is 3. The monoisotopic (exact) mass is 252 g/mol. The number of amides is 1. The summed E-state index contributed by atoms with van der Waals surface area (Å²) in [6.07, 6.45) is 1.63. The summed E-state index contributed by atoms with van der Waals surface area (Å²) in [6.45, 7) is 2.83. The lowest BCUT2D eigenvalue weighted by atomic mass is 10.0. The number of nitrogens with one attached hydrogen (secondary N) is 2.